The first kappa shape index (κ1) is 20.2. The summed E-state index contributed by atoms with van der Waals surface area (Å²) in [6.45, 7) is 0. The van der Waals surface area contributed by atoms with E-state index in [0.29, 0.717) is 0 Å². The Morgan fingerprint density at radius 2 is 1.06 bits per heavy atom. The van der Waals surface area contributed by atoms with Crippen LogP contribution in [0.1, 0.15) is 0 Å². The van der Waals surface area contributed by atoms with Crippen LogP contribution in [-0.2, 0) is 0 Å². The second kappa shape index (κ2) is 8.51. The van der Waals surface area contributed by atoms with Gasteiger partial charge in [0, 0.05) is 41.7 Å². The maximum absolute atomic E-state index is 3.58. The number of fused-ring (bicyclic) bond motifs is 3. The van der Waals surface area contributed by atoms with Gasteiger partial charge in [-0.2, -0.15) is 0 Å². The van der Waals surface area contributed by atoms with Crippen molar-refractivity contribution in [1.82, 2.24) is 0 Å². The summed E-state index contributed by atoms with van der Waals surface area (Å²) < 4.78 is 3.70. The van der Waals surface area contributed by atoms with E-state index < -0.39 is 0 Å². The lowest BCUT2D eigenvalue weighted by Crippen LogP contribution is -2.09. The second-order valence-electron chi connectivity index (χ2n) is 8.00. The van der Waals surface area contributed by atoms with E-state index in [-0.39, 0.29) is 0 Å². The molecule has 1 heterocycles. The number of hydrogen-bond acceptors (Lipinski definition) is 2. The van der Waals surface area contributed by atoms with Gasteiger partial charge in [0.25, 0.3) is 0 Å². The molecular weight excluding hydrogens is 486 g/mol. The molecule has 0 amide bonds. The molecule has 6 rings (SSSR count). The third-order valence-corrected chi connectivity index (χ3v) is 7.60. The minimum absolute atomic E-state index is 1.07. The highest BCUT2D eigenvalue weighted by molar-refractivity contribution is 9.10. The van der Waals surface area contributed by atoms with Gasteiger partial charge in [-0.15, -0.1) is 11.3 Å². The Morgan fingerprint density at radius 1 is 0.485 bits per heavy atom. The van der Waals surface area contributed by atoms with Gasteiger partial charge < -0.3 is 4.90 Å². The number of rotatable bonds is 4. The summed E-state index contributed by atoms with van der Waals surface area (Å²) in [5.74, 6) is 0. The monoisotopic (exact) mass is 505 g/mol. The van der Waals surface area contributed by atoms with Crippen LogP contribution in [0.4, 0.5) is 17.1 Å². The Bertz CT molecular complexity index is 1550. The Labute approximate surface area is 205 Å². The van der Waals surface area contributed by atoms with E-state index in [0.717, 1.165) is 21.5 Å². The first-order valence-corrected chi connectivity index (χ1v) is 12.5. The predicted molar refractivity (Wildman–Crippen MR) is 147 cm³/mol. The SMILES string of the molecule is Brc1ccc(N(c2ccc(-c3ccccc3)cc2)c2ccc3c(c2)sc2ccccc23)cc1. The van der Waals surface area contributed by atoms with E-state index in [4.69, 9.17) is 0 Å². The number of benzene rings is 5. The molecule has 0 aliphatic heterocycles. The molecule has 0 aliphatic rings. The lowest BCUT2D eigenvalue weighted by Gasteiger charge is -2.26. The highest BCUT2D eigenvalue weighted by Gasteiger charge is 2.15. The Morgan fingerprint density at radius 3 is 1.82 bits per heavy atom. The fourth-order valence-corrected chi connectivity index (χ4v) is 5.73. The van der Waals surface area contributed by atoms with Crippen LogP contribution in [0, 0.1) is 0 Å². The summed E-state index contributed by atoms with van der Waals surface area (Å²) in [4.78, 5) is 2.32. The van der Waals surface area contributed by atoms with E-state index in [1.165, 1.54) is 31.3 Å². The lowest BCUT2D eigenvalue weighted by atomic mass is 10.0. The summed E-state index contributed by atoms with van der Waals surface area (Å²) in [7, 11) is 0. The van der Waals surface area contributed by atoms with Gasteiger partial charge in [-0.1, -0.05) is 82.7 Å². The molecule has 158 valence electrons. The Hall–Kier alpha value is -3.40. The van der Waals surface area contributed by atoms with Crippen molar-refractivity contribution in [2.75, 3.05) is 4.90 Å². The molecule has 0 saturated heterocycles. The van der Waals surface area contributed by atoms with E-state index in [1.54, 1.807) is 0 Å². The molecule has 0 bridgehead atoms. The maximum atomic E-state index is 3.58. The molecule has 0 unspecified atom stereocenters. The summed E-state index contributed by atoms with van der Waals surface area (Å²) >= 11 is 5.43. The third kappa shape index (κ3) is 3.84. The molecule has 0 aliphatic carbocycles. The van der Waals surface area contributed by atoms with Crippen molar-refractivity contribution in [2.24, 2.45) is 0 Å². The predicted octanol–water partition coefficient (Wildman–Crippen LogP) is 9.95. The van der Waals surface area contributed by atoms with Gasteiger partial charge in [0.05, 0.1) is 0 Å². The Balaban J connectivity index is 1.48. The smallest absolute Gasteiger partial charge is 0.0476 e. The van der Waals surface area contributed by atoms with Gasteiger partial charge in [-0.25, -0.2) is 0 Å². The highest BCUT2D eigenvalue weighted by atomic mass is 79.9. The average Bonchev–Trinajstić information content (AvgIpc) is 3.24. The lowest BCUT2D eigenvalue weighted by molar-refractivity contribution is 1.29. The van der Waals surface area contributed by atoms with Gasteiger partial charge in [0.2, 0.25) is 0 Å². The molecule has 0 saturated carbocycles. The van der Waals surface area contributed by atoms with Gasteiger partial charge >= 0.3 is 0 Å². The molecule has 5 aromatic carbocycles. The zero-order valence-corrected chi connectivity index (χ0v) is 20.2. The van der Waals surface area contributed by atoms with Gasteiger partial charge in [0.1, 0.15) is 0 Å². The maximum Gasteiger partial charge on any atom is 0.0476 e. The van der Waals surface area contributed by atoms with Crippen LogP contribution in [0.15, 0.2) is 126 Å². The molecule has 3 heteroatoms. The van der Waals surface area contributed by atoms with E-state index in [9.17, 15) is 0 Å². The van der Waals surface area contributed by atoms with Crippen LogP contribution in [0.25, 0.3) is 31.3 Å². The number of thiophene rings is 1. The summed E-state index contributed by atoms with van der Waals surface area (Å²) in [5, 5.41) is 2.64. The molecule has 1 aromatic heterocycles. The van der Waals surface area contributed by atoms with Crippen LogP contribution in [0.5, 0.6) is 0 Å². The molecule has 0 fully saturated rings. The quantitative estimate of drug-likeness (QED) is 0.230. The first-order chi connectivity index (χ1) is 16.3. The summed E-state index contributed by atoms with van der Waals surface area (Å²) in [6.07, 6.45) is 0. The van der Waals surface area contributed by atoms with Crippen LogP contribution in [-0.4, -0.2) is 0 Å². The molecule has 6 aromatic rings. The fourth-order valence-electron chi connectivity index (χ4n) is 4.32. The second-order valence-corrected chi connectivity index (χ2v) is 10.0. The highest BCUT2D eigenvalue weighted by Crippen LogP contribution is 2.41. The van der Waals surface area contributed by atoms with Crippen LogP contribution < -0.4 is 4.90 Å². The number of anilines is 3. The fraction of sp³-hybridized carbons (Fsp3) is 0. The average molecular weight is 506 g/mol. The van der Waals surface area contributed by atoms with Crippen molar-refractivity contribution in [2.45, 2.75) is 0 Å². The molecule has 0 spiro atoms. The van der Waals surface area contributed by atoms with Gasteiger partial charge in [-0.3, -0.25) is 0 Å². The van der Waals surface area contributed by atoms with Crippen molar-refractivity contribution in [3.8, 4) is 11.1 Å². The van der Waals surface area contributed by atoms with Gasteiger partial charge in [0.15, 0.2) is 0 Å². The van der Waals surface area contributed by atoms with Crippen molar-refractivity contribution in [1.29, 1.82) is 0 Å². The van der Waals surface area contributed by atoms with Crippen molar-refractivity contribution in [3.05, 3.63) is 126 Å². The zero-order chi connectivity index (χ0) is 22.2. The van der Waals surface area contributed by atoms with E-state index in [2.05, 4.69) is 142 Å². The van der Waals surface area contributed by atoms with E-state index in [1.807, 2.05) is 11.3 Å². The van der Waals surface area contributed by atoms with Gasteiger partial charge in [-0.05, 0) is 65.7 Å². The number of hydrogen-bond donors (Lipinski definition) is 0. The Kier molecular flexibility index (Phi) is 5.21. The molecule has 33 heavy (non-hydrogen) atoms. The third-order valence-electron chi connectivity index (χ3n) is 5.94. The minimum atomic E-state index is 1.07. The topological polar surface area (TPSA) is 3.24 Å². The normalized spacial score (nSPS) is 11.2. The molecular formula is C30H20BrNS. The molecule has 1 nitrogen and oxygen atoms in total. The van der Waals surface area contributed by atoms with Crippen molar-refractivity contribution < 1.29 is 0 Å². The molecule has 0 atom stereocenters. The van der Waals surface area contributed by atoms with Crippen LogP contribution >= 0.6 is 27.3 Å². The number of nitrogens with zero attached hydrogens (tertiary/aromatic N) is 1. The summed E-state index contributed by atoms with van der Waals surface area (Å²) in [5.41, 5.74) is 5.87. The molecule has 0 radical (unpaired) electrons. The van der Waals surface area contributed by atoms with Crippen LogP contribution in [0.3, 0.4) is 0 Å². The number of halogens is 1. The summed E-state index contributed by atoms with van der Waals surface area (Å²) in [6, 6.07) is 43.3. The first-order valence-electron chi connectivity index (χ1n) is 10.9. The van der Waals surface area contributed by atoms with Crippen molar-refractivity contribution >= 4 is 64.5 Å². The standard InChI is InChI=1S/C30H20BrNS/c31-23-12-16-25(17-13-23)32(24-14-10-22(11-15-24)21-6-2-1-3-7-21)26-18-19-28-27-8-4-5-9-29(27)33-30(28)20-26/h1-20H. The minimum Gasteiger partial charge on any atom is -0.310 e. The van der Waals surface area contributed by atoms with Crippen LogP contribution in [0.2, 0.25) is 0 Å². The largest absolute Gasteiger partial charge is 0.310 e. The molecule has 0 N–H and O–H groups in total. The van der Waals surface area contributed by atoms with Crippen molar-refractivity contribution in [3.63, 3.8) is 0 Å². The van der Waals surface area contributed by atoms with E-state index >= 15 is 0 Å². The zero-order valence-electron chi connectivity index (χ0n) is 17.8.